The number of benzene rings is 2. The van der Waals surface area contributed by atoms with Crippen LogP contribution in [0.1, 0.15) is 25.3 Å². The molecule has 2 aromatic carbocycles. The summed E-state index contributed by atoms with van der Waals surface area (Å²) < 4.78 is 0. The Hall–Kier alpha value is -2.46. The highest BCUT2D eigenvalue weighted by atomic mass is 15.1. The van der Waals surface area contributed by atoms with Gasteiger partial charge in [0.1, 0.15) is 5.82 Å². The van der Waals surface area contributed by atoms with Crippen LogP contribution in [-0.2, 0) is 6.54 Å². The Morgan fingerprint density at radius 2 is 1.72 bits per heavy atom. The topological polar surface area (TPSA) is 41.0 Å². The fraction of sp³-hybridized carbons (Fsp3) is 0.333. The minimum absolute atomic E-state index is 0.775. The van der Waals surface area contributed by atoms with Gasteiger partial charge in [-0.2, -0.15) is 0 Å². The van der Waals surface area contributed by atoms with Crippen molar-refractivity contribution in [1.29, 1.82) is 0 Å². The zero-order valence-corrected chi connectivity index (χ0v) is 14.7. The molecule has 0 bridgehead atoms. The summed E-state index contributed by atoms with van der Waals surface area (Å²) in [7, 11) is 0. The van der Waals surface area contributed by atoms with Gasteiger partial charge in [0.25, 0.3) is 0 Å². The number of hydrogen-bond acceptors (Lipinski definition) is 4. The summed E-state index contributed by atoms with van der Waals surface area (Å²) in [5, 5.41) is 3.35. The van der Waals surface area contributed by atoms with E-state index < -0.39 is 0 Å². The van der Waals surface area contributed by atoms with Crippen molar-refractivity contribution in [1.82, 2.24) is 14.9 Å². The van der Waals surface area contributed by atoms with Crippen LogP contribution >= 0.6 is 0 Å². The molecule has 2 heterocycles. The van der Waals surface area contributed by atoms with Crippen LogP contribution in [0.5, 0.6) is 0 Å². The largest absolute Gasteiger partial charge is 0.339 e. The smallest absolute Gasteiger partial charge is 0.149 e. The Balaban J connectivity index is 1.41. The molecule has 0 spiro atoms. The molecule has 0 unspecified atom stereocenters. The van der Waals surface area contributed by atoms with Crippen molar-refractivity contribution < 1.29 is 0 Å². The van der Waals surface area contributed by atoms with E-state index in [2.05, 4.69) is 51.4 Å². The summed E-state index contributed by atoms with van der Waals surface area (Å²) in [4.78, 5) is 11.6. The Kier molecular flexibility index (Phi) is 4.61. The Morgan fingerprint density at radius 3 is 2.48 bits per heavy atom. The maximum absolute atomic E-state index is 4.61. The van der Waals surface area contributed by atoms with Crippen molar-refractivity contribution >= 4 is 22.5 Å². The van der Waals surface area contributed by atoms with Gasteiger partial charge in [-0.3, -0.25) is 9.88 Å². The van der Waals surface area contributed by atoms with Crippen LogP contribution in [0.3, 0.4) is 0 Å². The van der Waals surface area contributed by atoms with Crippen molar-refractivity contribution in [2.75, 3.05) is 18.4 Å². The zero-order valence-electron chi connectivity index (χ0n) is 14.7. The molecule has 1 saturated heterocycles. The highest BCUT2D eigenvalue weighted by Crippen LogP contribution is 2.20. The Morgan fingerprint density at radius 1 is 1.00 bits per heavy atom. The van der Waals surface area contributed by atoms with Crippen molar-refractivity contribution in [3.63, 3.8) is 0 Å². The van der Waals surface area contributed by atoms with E-state index in [-0.39, 0.29) is 0 Å². The van der Waals surface area contributed by atoms with Crippen molar-refractivity contribution in [3.8, 4) is 0 Å². The van der Waals surface area contributed by atoms with E-state index in [1.807, 2.05) is 24.3 Å². The van der Waals surface area contributed by atoms with E-state index in [9.17, 15) is 0 Å². The highest BCUT2D eigenvalue weighted by Gasteiger charge is 2.15. The normalized spacial score (nSPS) is 16.2. The number of piperidine rings is 1. The molecule has 1 aliphatic heterocycles. The quantitative estimate of drug-likeness (QED) is 0.758. The Bertz CT molecular complexity index is 836. The fourth-order valence-corrected chi connectivity index (χ4v) is 3.34. The summed E-state index contributed by atoms with van der Waals surface area (Å²) in [5.74, 6) is 1.65. The van der Waals surface area contributed by atoms with Crippen LogP contribution in [0.4, 0.5) is 11.5 Å². The molecule has 25 heavy (non-hydrogen) atoms. The number of hydrogen-bond donors (Lipinski definition) is 1. The van der Waals surface area contributed by atoms with Crippen LogP contribution in [0.15, 0.2) is 54.7 Å². The molecule has 1 aromatic heterocycles. The first-order valence-electron chi connectivity index (χ1n) is 9.06. The third-order valence-electron chi connectivity index (χ3n) is 4.96. The second-order valence-electron chi connectivity index (χ2n) is 7.02. The van der Waals surface area contributed by atoms with E-state index in [4.69, 9.17) is 0 Å². The van der Waals surface area contributed by atoms with Crippen LogP contribution in [-0.4, -0.2) is 28.0 Å². The number of para-hydroxylation sites is 2. The molecule has 1 fully saturated rings. The fourth-order valence-electron chi connectivity index (χ4n) is 3.34. The SMILES string of the molecule is CC1CCN(Cc2ccc(Nc3cnc4ccccc4n3)cc2)CC1. The van der Waals surface area contributed by atoms with Gasteiger partial charge in [-0.25, -0.2) is 4.98 Å². The maximum atomic E-state index is 4.61. The van der Waals surface area contributed by atoms with E-state index in [1.54, 1.807) is 6.20 Å². The molecule has 3 aromatic rings. The van der Waals surface area contributed by atoms with Gasteiger partial charge in [-0.15, -0.1) is 0 Å². The van der Waals surface area contributed by atoms with Crippen LogP contribution in [0.25, 0.3) is 11.0 Å². The molecule has 4 heteroatoms. The van der Waals surface area contributed by atoms with E-state index in [0.29, 0.717) is 0 Å². The molecule has 0 aliphatic carbocycles. The molecule has 0 radical (unpaired) electrons. The summed E-state index contributed by atoms with van der Waals surface area (Å²) in [6.07, 6.45) is 4.42. The molecule has 1 N–H and O–H groups in total. The van der Waals surface area contributed by atoms with Gasteiger partial charge in [0.15, 0.2) is 0 Å². The number of fused-ring (bicyclic) bond motifs is 1. The second-order valence-corrected chi connectivity index (χ2v) is 7.02. The van der Waals surface area contributed by atoms with Crippen molar-refractivity contribution in [3.05, 3.63) is 60.3 Å². The van der Waals surface area contributed by atoms with Crippen LogP contribution < -0.4 is 5.32 Å². The molecule has 1 aliphatic rings. The number of nitrogens with one attached hydrogen (secondary N) is 1. The predicted molar refractivity (Wildman–Crippen MR) is 103 cm³/mol. The van der Waals surface area contributed by atoms with Gasteiger partial charge in [0.05, 0.1) is 17.2 Å². The summed E-state index contributed by atoms with van der Waals surface area (Å²) in [6, 6.07) is 16.6. The molecular formula is C21H24N4. The molecular weight excluding hydrogens is 308 g/mol. The van der Waals surface area contributed by atoms with Crippen LogP contribution in [0.2, 0.25) is 0 Å². The van der Waals surface area contributed by atoms with E-state index in [1.165, 1.54) is 31.5 Å². The molecule has 0 amide bonds. The van der Waals surface area contributed by atoms with Gasteiger partial charge in [-0.1, -0.05) is 31.2 Å². The lowest BCUT2D eigenvalue weighted by Gasteiger charge is -2.30. The van der Waals surface area contributed by atoms with Crippen LogP contribution in [0, 0.1) is 5.92 Å². The summed E-state index contributed by atoms with van der Waals surface area (Å²) >= 11 is 0. The molecule has 4 rings (SSSR count). The first-order valence-corrected chi connectivity index (χ1v) is 9.06. The lowest BCUT2D eigenvalue weighted by Crippen LogP contribution is -2.32. The van der Waals surface area contributed by atoms with Gasteiger partial charge in [0.2, 0.25) is 0 Å². The third-order valence-corrected chi connectivity index (χ3v) is 4.96. The molecule has 128 valence electrons. The number of aromatic nitrogens is 2. The number of nitrogens with zero attached hydrogens (tertiary/aromatic N) is 3. The predicted octanol–water partition coefficient (Wildman–Crippen LogP) is 4.61. The summed E-state index contributed by atoms with van der Waals surface area (Å²) in [6.45, 7) is 5.83. The van der Waals surface area contributed by atoms with Gasteiger partial charge >= 0.3 is 0 Å². The van der Waals surface area contributed by atoms with Gasteiger partial charge in [-0.05, 0) is 61.7 Å². The van der Waals surface area contributed by atoms with Crippen molar-refractivity contribution in [2.24, 2.45) is 5.92 Å². The monoisotopic (exact) mass is 332 g/mol. The minimum Gasteiger partial charge on any atom is -0.339 e. The first-order chi connectivity index (χ1) is 12.3. The molecule has 0 atom stereocenters. The van der Waals surface area contributed by atoms with Gasteiger partial charge in [0, 0.05) is 12.2 Å². The number of likely N-dealkylation sites (tertiary alicyclic amines) is 1. The van der Waals surface area contributed by atoms with E-state index >= 15 is 0 Å². The van der Waals surface area contributed by atoms with E-state index in [0.717, 1.165) is 35.0 Å². The minimum atomic E-state index is 0.775. The average Bonchev–Trinajstić information content (AvgIpc) is 2.65. The number of rotatable bonds is 4. The summed E-state index contributed by atoms with van der Waals surface area (Å²) in [5.41, 5.74) is 4.23. The van der Waals surface area contributed by atoms with Gasteiger partial charge < -0.3 is 5.32 Å². The standard InChI is InChI=1S/C21H24N4/c1-16-10-12-25(13-11-16)15-17-6-8-18(9-7-17)23-21-14-22-19-4-2-3-5-20(19)24-21/h2-9,14,16H,10-13,15H2,1H3,(H,23,24). The third kappa shape index (κ3) is 3.97. The molecule has 4 nitrogen and oxygen atoms in total. The average molecular weight is 332 g/mol. The second kappa shape index (κ2) is 7.19. The number of anilines is 2. The van der Waals surface area contributed by atoms with Crippen molar-refractivity contribution in [2.45, 2.75) is 26.3 Å². The lowest BCUT2D eigenvalue weighted by molar-refractivity contribution is 0.185. The Labute approximate surface area is 148 Å². The molecule has 0 saturated carbocycles. The highest BCUT2D eigenvalue weighted by molar-refractivity contribution is 5.76. The maximum Gasteiger partial charge on any atom is 0.149 e. The lowest BCUT2D eigenvalue weighted by atomic mass is 9.99. The zero-order chi connectivity index (χ0) is 17.1. The first kappa shape index (κ1) is 16.0.